The number of fused-ring (bicyclic) bond motifs is 1. The van der Waals surface area contributed by atoms with Gasteiger partial charge in [0.2, 0.25) is 5.91 Å². The number of rotatable bonds is 9. The van der Waals surface area contributed by atoms with Crippen LogP contribution in [0.5, 0.6) is 0 Å². The van der Waals surface area contributed by atoms with Crippen LogP contribution in [0.4, 0.5) is 0 Å². The number of carboxylic acid groups (broad SMARTS) is 1. The molecule has 0 aliphatic rings. The summed E-state index contributed by atoms with van der Waals surface area (Å²) in [6, 6.07) is 6.85. The van der Waals surface area contributed by atoms with Gasteiger partial charge >= 0.3 is 5.97 Å². The molecule has 2 rings (SSSR count). The second-order valence-corrected chi connectivity index (χ2v) is 6.24. The highest BCUT2D eigenvalue weighted by Gasteiger charge is 2.25. The van der Waals surface area contributed by atoms with Gasteiger partial charge in [0.1, 0.15) is 6.04 Å². The Labute approximate surface area is 142 Å². The number of hydrogen-bond acceptors (Lipinski definition) is 2. The third kappa shape index (κ3) is 4.37. The molecule has 1 aromatic carbocycles. The SMILES string of the molecule is CCCC(CCC)C(=O)N[C@@H](Cc1c[nH]c2ccccc12)C(=O)O. The summed E-state index contributed by atoms with van der Waals surface area (Å²) in [6.07, 6.45) is 5.51. The molecule has 0 aliphatic heterocycles. The summed E-state index contributed by atoms with van der Waals surface area (Å²) in [7, 11) is 0. The summed E-state index contributed by atoms with van der Waals surface area (Å²) in [5.74, 6) is -1.25. The number of benzene rings is 1. The van der Waals surface area contributed by atoms with Gasteiger partial charge in [-0.3, -0.25) is 4.79 Å². The van der Waals surface area contributed by atoms with E-state index in [0.717, 1.165) is 42.1 Å². The number of nitrogens with one attached hydrogen (secondary N) is 2. The highest BCUT2D eigenvalue weighted by atomic mass is 16.4. The van der Waals surface area contributed by atoms with Crippen molar-refractivity contribution in [2.45, 2.75) is 52.0 Å². The first-order valence-corrected chi connectivity index (χ1v) is 8.65. The minimum Gasteiger partial charge on any atom is -0.480 e. The van der Waals surface area contributed by atoms with E-state index in [1.165, 1.54) is 0 Å². The van der Waals surface area contributed by atoms with Crippen molar-refractivity contribution in [2.75, 3.05) is 0 Å². The Morgan fingerprint density at radius 2 is 1.83 bits per heavy atom. The van der Waals surface area contributed by atoms with Crippen LogP contribution >= 0.6 is 0 Å². The lowest BCUT2D eigenvalue weighted by Gasteiger charge is -2.19. The molecular weight excluding hydrogens is 304 g/mol. The summed E-state index contributed by atoms with van der Waals surface area (Å²) < 4.78 is 0. The fourth-order valence-corrected chi connectivity index (χ4v) is 3.11. The number of aromatic amines is 1. The second kappa shape index (κ2) is 8.52. The summed E-state index contributed by atoms with van der Waals surface area (Å²) in [5.41, 5.74) is 1.87. The molecule has 0 aliphatic carbocycles. The minimum absolute atomic E-state index is 0.107. The predicted molar refractivity (Wildman–Crippen MR) is 94.9 cm³/mol. The normalized spacial score (nSPS) is 12.5. The van der Waals surface area contributed by atoms with Crippen LogP contribution in [0.2, 0.25) is 0 Å². The zero-order valence-corrected chi connectivity index (χ0v) is 14.3. The Morgan fingerprint density at radius 3 is 2.46 bits per heavy atom. The van der Waals surface area contributed by atoms with E-state index in [0.29, 0.717) is 0 Å². The molecule has 3 N–H and O–H groups in total. The second-order valence-electron chi connectivity index (χ2n) is 6.24. The van der Waals surface area contributed by atoms with Crippen LogP contribution in [-0.2, 0) is 16.0 Å². The molecular formula is C19H26N2O3. The van der Waals surface area contributed by atoms with Crippen molar-refractivity contribution in [1.82, 2.24) is 10.3 Å². The lowest BCUT2D eigenvalue weighted by atomic mass is 9.96. The standard InChI is InChI=1S/C19H26N2O3/c1-3-7-13(8-4-2)18(22)21-17(19(23)24)11-14-12-20-16-10-6-5-9-15(14)16/h5-6,9-10,12-13,17,20H,3-4,7-8,11H2,1-2H3,(H,21,22)(H,23,24)/t17-/m0/s1. The number of carbonyl (C=O) groups excluding carboxylic acids is 1. The average molecular weight is 330 g/mol. The van der Waals surface area contributed by atoms with Gasteiger partial charge in [-0.1, -0.05) is 44.9 Å². The lowest BCUT2D eigenvalue weighted by Crippen LogP contribution is -2.45. The van der Waals surface area contributed by atoms with E-state index < -0.39 is 12.0 Å². The zero-order valence-electron chi connectivity index (χ0n) is 14.3. The number of aliphatic carboxylic acids is 1. The zero-order chi connectivity index (χ0) is 17.5. The van der Waals surface area contributed by atoms with Crippen molar-refractivity contribution in [2.24, 2.45) is 5.92 Å². The fourth-order valence-electron chi connectivity index (χ4n) is 3.11. The Balaban J connectivity index is 2.12. The molecule has 5 nitrogen and oxygen atoms in total. The van der Waals surface area contributed by atoms with E-state index in [1.54, 1.807) is 0 Å². The fraction of sp³-hybridized carbons (Fsp3) is 0.474. The molecule has 2 aromatic rings. The molecule has 130 valence electrons. The molecule has 0 bridgehead atoms. The van der Waals surface area contributed by atoms with Crippen LogP contribution in [0, 0.1) is 5.92 Å². The van der Waals surface area contributed by atoms with Crippen molar-refractivity contribution in [1.29, 1.82) is 0 Å². The molecule has 0 saturated heterocycles. The molecule has 0 spiro atoms. The van der Waals surface area contributed by atoms with E-state index >= 15 is 0 Å². The Bertz CT molecular complexity index is 687. The first-order chi connectivity index (χ1) is 11.6. The monoisotopic (exact) mass is 330 g/mol. The smallest absolute Gasteiger partial charge is 0.326 e. The first-order valence-electron chi connectivity index (χ1n) is 8.65. The average Bonchev–Trinajstić information content (AvgIpc) is 2.97. The minimum atomic E-state index is -1.000. The van der Waals surface area contributed by atoms with E-state index in [4.69, 9.17) is 0 Å². The van der Waals surface area contributed by atoms with E-state index in [-0.39, 0.29) is 18.2 Å². The van der Waals surface area contributed by atoms with Gasteiger partial charge in [0.05, 0.1) is 0 Å². The van der Waals surface area contributed by atoms with Crippen LogP contribution in [0.1, 0.15) is 45.1 Å². The van der Waals surface area contributed by atoms with E-state index in [2.05, 4.69) is 10.3 Å². The number of para-hydroxylation sites is 1. The molecule has 0 unspecified atom stereocenters. The third-order valence-electron chi connectivity index (χ3n) is 4.36. The van der Waals surface area contributed by atoms with Crippen molar-refractivity contribution < 1.29 is 14.7 Å². The number of H-pyrrole nitrogens is 1. The van der Waals surface area contributed by atoms with Gasteiger partial charge in [0.15, 0.2) is 0 Å². The maximum absolute atomic E-state index is 12.4. The first kappa shape index (κ1) is 18.0. The molecule has 5 heteroatoms. The summed E-state index contributed by atoms with van der Waals surface area (Å²) in [5, 5.41) is 13.2. The summed E-state index contributed by atoms with van der Waals surface area (Å²) in [4.78, 5) is 27.2. The largest absolute Gasteiger partial charge is 0.480 e. The Morgan fingerprint density at radius 1 is 1.17 bits per heavy atom. The number of hydrogen-bond donors (Lipinski definition) is 3. The van der Waals surface area contributed by atoms with Gasteiger partial charge in [0.25, 0.3) is 0 Å². The molecule has 1 amide bonds. The van der Waals surface area contributed by atoms with Gasteiger partial charge in [-0.25, -0.2) is 4.79 Å². The maximum Gasteiger partial charge on any atom is 0.326 e. The lowest BCUT2D eigenvalue weighted by molar-refractivity contribution is -0.142. The van der Waals surface area contributed by atoms with Crippen LogP contribution in [0.3, 0.4) is 0 Å². The quantitative estimate of drug-likeness (QED) is 0.658. The third-order valence-corrected chi connectivity index (χ3v) is 4.36. The van der Waals surface area contributed by atoms with Crippen LogP contribution in [-0.4, -0.2) is 28.0 Å². The van der Waals surface area contributed by atoms with Crippen LogP contribution in [0.15, 0.2) is 30.5 Å². The van der Waals surface area contributed by atoms with Crippen molar-refractivity contribution >= 4 is 22.8 Å². The van der Waals surface area contributed by atoms with Crippen molar-refractivity contribution in [3.63, 3.8) is 0 Å². The predicted octanol–water partition coefficient (Wildman–Crippen LogP) is 3.50. The number of carboxylic acids is 1. The highest BCUT2D eigenvalue weighted by Crippen LogP contribution is 2.20. The summed E-state index contributed by atoms with van der Waals surface area (Å²) >= 11 is 0. The molecule has 24 heavy (non-hydrogen) atoms. The van der Waals surface area contributed by atoms with Crippen LogP contribution in [0.25, 0.3) is 10.9 Å². The molecule has 1 aromatic heterocycles. The van der Waals surface area contributed by atoms with Crippen molar-refractivity contribution in [3.8, 4) is 0 Å². The maximum atomic E-state index is 12.4. The number of carbonyl (C=O) groups is 2. The Kier molecular flexibility index (Phi) is 6.41. The van der Waals surface area contributed by atoms with E-state index in [9.17, 15) is 14.7 Å². The highest BCUT2D eigenvalue weighted by molar-refractivity contribution is 5.87. The van der Waals surface area contributed by atoms with Crippen molar-refractivity contribution in [3.05, 3.63) is 36.0 Å². The van der Waals surface area contributed by atoms with Crippen LogP contribution < -0.4 is 5.32 Å². The van der Waals surface area contributed by atoms with Gasteiger partial charge in [0, 0.05) is 29.4 Å². The molecule has 1 atom stereocenters. The van der Waals surface area contributed by atoms with Gasteiger partial charge in [-0.05, 0) is 24.5 Å². The van der Waals surface area contributed by atoms with Gasteiger partial charge < -0.3 is 15.4 Å². The van der Waals surface area contributed by atoms with Gasteiger partial charge in [-0.15, -0.1) is 0 Å². The van der Waals surface area contributed by atoms with E-state index in [1.807, 2.05) is 44.3 Å². The topological polar surface area (TPSA) is 82.2 Å². The number of amides is 1. The molecule has 0 fully saturated rings. The molecule has 1 heterocycles. The molecule has 0 saturated carbocycles. The number of aromatic nitrogens is 1. The van der Waals surface area contributed by atoms with Gasteiger partial charge in [-0.2, -0.15) is 0 Å². The Hall–Kier alpha value is -2.30. The summed E-state index contributed by atoms with van der Waals surface area (Å²) in [6.45, 7) is 4.08. The molecule has 0 radical (unpaired) electrons.